The number of hydrogen-bond acceptors (Lipinski definition) is 6. The summed E-state index contributed by atoms with van der Waals surface area (Å²) >= 11 is 0. The predicted molar refractivity (Wildman–Crippen MR) is 121 cm³/mol. The van der Waals surface area contributed by atoms with Crippen LogP contribution in [0.1, 0.15) is 23.8 Å². The van der Waals surface area contributed by atoms with Crippen LogP contribution < -0.4 is 26.0 Å². The molecular formula is C23H23N5O5. The number of rotatable bonds is 5. The van der Waals surface area contributed by atoms with Crippen LogP contribution in [0.25, 0.3) is 10.8 Å². The number of hydrazine groups is 1. The molecule has 3 aromatic rings. The summed E-state index contributed by atoms with van der Waals surface area (Å²) in [5, 5.41) is 4.89. The highest BCUT2D eigenvalue weighted by Gasteiger charge is 2.35. The number of carbonyl (C=O) groups excluding carboxylic acids is 3. The van der Waals surface area contributed by atoms with Crippen LogP contribution >= 0.6 is 0 Å². The summed E-state index contributed by atoms with van der Waals surface area (Å²) < 4.78 is 6.39. The molecule has 2 N–H and O–H groups in total. The Morgan fingerprint density at radius 3 is 2.58 bits per heavy atom. The van der Waals surface area contributed by atoms with E-state index in [1.54, 1.807) is 55.5 Å². The van der Waals surface area contributed by atoms with Crippen molar-refractivity contribution in [2.75, 3.05) is 18.6 Å². The number of nitrogens with zero attached hydrogens (tertiary/aromatic N) is 3. The Hall–Kier alpha value is -4.21. The average molecular weight is 449 g/mol. The lowest BCUT2D eigenvalue weighted by Crippen LogP contribution is -2.46. The highest BCUT2D eigenvalue weighted by atomic mass is 16.5. The maximum absolute atomic E-state index is 12.8. The normalized spacial score (nSPS) is 15.5. The van der Waals surface area contributed by atoms with Gasteiger partial charge in [-0.3, -0.25) is 30.0 Å². The number of hydrogen-bond donors (Lipinski definition) is 2. The number of nitrogens with one attached hydrogen (secondary N) is 2. The molecular weight excluding hydrogens is 426 g/mol. The fraction of sp³-hybridized carbons (Fsp3) is 0.261. The number of fused-ring (bicyclic) bond motifs is 1. The number of ether oxygens (including phenoxy) is 1. The molecule has 4 rings (SSSR count). The largest absolute Gasteiger partial charge is 0.497 e. The summed E-state index contributed by atoms with van der Waals surface area (Å²) in [4.78, 5) is 51.9. The monoisotopic (exact) mass is 449 g/mol. The number of aromatic nitrogens is 2. The number of carbonyl (C=O) groups is 3. The maximum Gasteiger partial charge on any atom is 0.290 e. The first-order chi connectivity index (χ1) is 15.9. The van der Waals surface area contributed by atoms with Gasteiger partial charge in [-0.25, -0.2) is 4.68 Å². The molecule has 2 heterocycles. The molecule has 1 aliphatic heterocycles. The van der Waals surface area contributed by atoms with Gasteiger partial charge >= 0.3 is 0 Å². The van der Waals surface area contributed by atoms with E-state index in [0.29, 0.717) is 28.8 Å². The third-order valence-corrected chi connectivity index (χ3v) is 5.54. The van der Waals surface area contributed by atoms with Crippen LogP contribution in [0, 0.1) is 5.92 Å². The standard InChI is InChI=1S/C23H23N5O5/c1-3-28-23(32)18-10-5-4-9-17(18)20(26-28)22(31)25-24-21(30)14-11-19(29)27(13-14)15-7-6-8-16(12-15)33-2/h4-10,12,14H,3,11,13H2,1-2H3,(H,24,30)(H,25,31). The molecule has 2 aromatic carbocycles. The van der Waals surface area contributed by atoms with Gasteiger partial charge in [0, 0.05) is 36.7 Å². The summed E-state index contributed by atoms with van der Waals surface area (Å²) in [5.41, 5.74) is 5.11. The Morgan fingerprint density at radius 1 is 1.09 bits per heavy atom. The zero-order chi connectivity index (χ0) is 23.5. The van der Waals surface area contributed by atoms with Crippen LogP contribution in [0.2, 0.25) is 0 Å². The third-order valence-electron chi connectivity index (χ3n) is 5.54. The first-order valence-electron chi connectivity index (χ1n) is 10.5. The fourth-order valence-corrected chi connectivity index (χ4v) is 3.81. The SMILES string of the molecule is CCn1nc(C(=O)NNC(=O)C2CC(=O)N(c3cccc(OC)c3)C2)c2ccccc2c1=O. The molecule has 10 heteroatoms. The number of aryl methyl sites for hydroxylation is 1. The van der Waals surface area contributed by atoms with Gasteiger partial charge in [0.2, 0.25) is 11.8 Å². The van der Waals surface area contributed by atoms with Crippen molar-refractivity contribution in [3.63, 3.8) is 0 Å². The van der Waals surface area contributed by atoms with E-state index in [0.717, 1.165) is 0 Å². The molecule has 0 aliphatic carbocycles. The Kier molecular flexibility index (Phi) is 6.07. The van der Waals surface area contributed by atoms with Crippen LogP contribution in [0.5, 0.6) is 5.75 Å². The van der Waals surface area contributed by atoms with E-state index >= 15 is 0 Å². The summed E-state index contributed by atoms with van der Waals surface area (Å²) in [7, 11) is 1.54. The number of benzene rings is 2. The molecule has 1 fully saturated rings. The Bertz CT molecular complexity index is 1300. The smallest absolute Gasteiger partial charge is 0.290 e. The molecule has 1 unspecified atom stereocenters. The lowest BCUT2D eigenvalue weighted by Gasteiger charge is -2.17. The number of methoxy groups -OCH3 is 1. The minimum Gasteiger partial charge on any atom is -0.497 e. The van der Waals surface area contributed by atoms with E-state index in [1.165, 1.54) is 16.7 Å². The molecule has 1 aliphatic rings. The number of amides is 3. The van der Waals surface area contributed by atoms with Gasteiger partial charge in [0.15, 0.2) is 5.69 Å². The minimum absolute atomic E-state index is 0.0147. The van der Waals surface area contributed by atoms with E-state index in [-0.39, 0.29) is 30.1 Å². The van der Waals surface area contributed by atoms with E-state index in [1.807, 2.05) is 0 Å². The highest BCUT2D eigenvalue weighted by Crippen LogP contribution is 2.27. The van der Waals surface area contributed by atoms with Crippen LogP contribution in [0.15, 0.2) is 53.3 Å². The summed E-state index contributed by atoms with van der Waals surface area (Å²) in [5.74, 6) is -1.38. The second-order valence-corrected chi connectivity index (χ2v) is 7.57. The number of anilines is 1. The van der Waals surface area contributed by atoms with Gasteiger partial charge in [0.25, 0.3) is 11.5 Å². The van der Waals surface area contributed by atoms with Crippen molar-refractivity contribution in [2.24, 2.45) is 5.92 Å². The zero-order valence-corrected chi connectivity index (χ0v) is 18.2. The molecule has 10 nitrogen and oxygen atoms in total. The van der Waals surface area contributed by atoms with Crippen LogP contribution in [0.4, 0.5) is 5.69 Å². The molecule has 1 saturated heterocycles. The Morgan fingerprint density at radius 2 is 1.85 bits per heavy atom. The van der Waals surface area contributed by atoms with Crippen LogP contribution in [-0.2, 0) is 16.1 Å². The quantitative estimate of drug-likeness (QED) is 0.565. The second-order valence-electron chi connectivity index (χ2n) is 7.57. The van der Waals surface area contributed by atoms with Gasteiger partial charge in [-0.05, 0) is 25.1 Å². The molecule has 33 heavy (non-hydrogen) atoms. The maximum atomic E-state index is 12.8. The minimum atomic E-state index is -0.657. The van der Waals surface area contributed by atoms with Gasteiger partial charge in [-0.1, -0.05) is 24.3 Å². The summed E-state index contributed by atoms with van der Waals surface area (Å²) in [6.07, 6.45) is 0.0147. The van der Waals surface area contributed by atoms with E-state index in [9.17, 15) is 19.2 Å². The lowest BCUT2D eigenvalue weighted by atomic mass is 10.1. The Labute approximate surface area is 189 Å². The molecule has 1 atom stereocenters. The molecule has 0 radical (unpaired) electrons. The van der Waals surface area contributed by atoms with E-state index in [2.05, 4.69) is 16.0 Å². The summed E-state index contributed by atoms with van der Waals surface area (Å²) in [6, 6.07) is 13.7. The first kappa shape index (κ1) is 22.0. The Balaban J connectivity index is 1.46. The first-order valence-corrected chi connectivity index (χ1v) is 10.5. The molecule has 0 saturated carbocycles. The average Bonchev–Trinajstić information content (AvgIpc) is 3.24. The van der Waals surface area contributed by atoms with Crippen molar-refractivity contribution in [2.45, 2.75) is 19.9 Å². The van der Waals surface area contributed by atoms with Crippen molar-refractivity contribution in [3.05, 3.63) is 64.6 Å². The van der Waals surface area contributed by atoms with Crippen LogP contribution in [-0.4, -0.2) is 41.2 Å². The van der Waals surface area contributed by atoms with Gasteiger partial charge in [-0.15, -0.1) is 0 Å². The van der Waals surface area contributed by atoms with Gasteiger partial charge in [0.05, 0.1) is 18.4 Å². The van der Waals surface area contributed by atoms with Crippen molar-refractivity contribution < 1.29 is 19.1 Å². The van der Waals surface area contributed by atoms with Gasteiger partial charge in [-0.2, -0.15) is 5.10 Å². The fourth-order valence-electron chi connectivity index (χ4n) is 3.81. The van der Waals surface area contributed by atoms with Crippen molar-refractivity contribution in [1.82, 2.24) is 20.6 Å². The zero-order valence-electron chi connectivity index (χ0n) is 18.2. The predicted octanol–water partition coefficient (Wildman–Crippen LogP) is 1.24. The molecule has 0 bridgehead atoms. The van der Waals surface area contributed by atoms with Gasteiger partial charge < -0.3 is 9.64 Å². The lowest BCUT2D eigenvalue weighted by molar-refractivity contribution is -0.126. The molecule has 1 aromatic heterocycles. The molecule has 3 amide bonds. The van der Waals surface area contributed by atoms with Crippen LogP contribution in [0.3, 0.4) is 0 Å². The van der Waals surface area contributed by atoms with Crippen molar-refractivity contribution in [3.8, 4) is 5.75 Å². The third kappa shape index (κ3) is 4.27. The topological polar surface area (TPSA) is 123 Å². The second kappa shape index (κ2) is 9.11. The molecule has 170 valence electrons. The van der Waals surface area contributed by atoms with Gasteiger partial charge in [0.1, 0.15) is 5.75 Å². The van der Waals surface area contributed by atoms with E-state index in [4.69, 9.17) is 4.74 Å². The van der Waals surface area contributed by atoms with Crippen molar-refractivity contribution >= 4 is 34.2 Å². The summed E-state index contributed by atoms with van der Waals surface area (Å²) in [6.45, 7) is 2.22. The van der Waals surface area contributed by atoms with E-state index < -0.39 is 17.7 Å². The highest BCUT2D eigenvalue weighted by molar-refractivity contribution is 6.06. The van der Waals surface area contributed by atoms with Crippen molar-refractivity contribution in [1.29, 1.82) is 0 Å². The molecule has 0 spiro atoms.